The maximum absolute atomic E-state index is 13.5. The molecule has 0 radical (unpaired) electrons. The summed E-state index contributed by atoms with van der Waals surface area (Å²) < 4.78 is 27.1. The second-order valence-corrected chi connectivity index (χ2v) is 8.79. The lowest BCUT2D eigenvalue weighted by Gasteiger charge is -2.19. The number of rotatable bonds is 9. The van der Waals surface area contributed by atoms with Gasteiger partial charge in [0, 0.05) is 23.7 Å². The minimum absolute atomic E-state index is 0.0957. The highest BCUT2D eigenvalue weighted by Crippen LogP contribution is 2.25. The zero-order chi connectivity index (χ0) is 24.5. The number of aldehydes is 1. The van der Waals surface area contributed by atoms with Gasteiger partial charge in [0.2, 0.25) is 0 Å². The van der Waals surface area contributed by atoms with Crippen molar-refractivity contribution in [1.82, 2.24) is 10.3 Å². The van der Waals surface area contributed by atoms with E-state index in [2.05, 4.69) is 15.6 Å². The number of aromatic nitrogens is 1. The average molecular weight is 490 g/mol. The molecule has 3 rings (SSSR count). The number of anilines is 1. The van der Waals surface area contributed by atoms with Crippen LogP contribution < -0.4 is 10.6 Å². The van der Waals surface area contributed by atoms with Gasteiger partial charge in [0.05, 0.1) is 17.7 Å². The van der Waals surface area contributed by atoms with E-state index in [1.807, 2.05) is 0 Å². The molecule has 3 N–H and O–H groups in total. The van der Waals surface area contributed by atoms with Gasteiger partial charge in [-0.3, -0.25) is 19.7 Å². The van der Waals surface area contributed by atoms with Crippen LogP contribution in [-0.2, 0) is 27.3 Å². The van der Waals surface area contributed by atoms with Crippen molar-refractivity contribution in [2.45, 2.75) is 51.5 Å². The predicted octanol–water partition coefficient (Wildman–Crippen LogP) is 4.51. The topological polar surface area (TPSA) is 108 Å². The predicted molar refractivity (Wildman–Crippen MR) is 124 cm³/mol. The number of benzene rings is 1. The molecule has 180 valence electrons. The van der Waals surface area contributed by atoms with E-state index >= 15 is 0 Å². The lowest BCUT2D eigenvalue weighted by Crippen LogP contribution is -2.18. The molecule has 0 saturated heterocycles. The molecule has 2 aromatic rings. The molecule has 34 heavy (non-hydrogen) atoms. The Hall–Kier alpha value is -3.40. The minimum atomic E-state index is -1.03. The fraction of sp³-hybridized carbons (Fsp3) is 0.333. The van der Waals surface area contributed by atoms with Crippen molar-refractivity contribution >= 4 is 34.6 Å². The summed E-state index contributed by atoms with van der Waals surface area (Å²) in [5.74, 6) is -2.99. The molecule has 0 spiro atoms. The highest BCUT2D eigenvalue weighted by molar-refractivity contribution is 7.14. The third-order valence-electron chi connectivity index (χ3n) is 5.26. The van der Waals surface area contributed by atoms with Gasteiger partial charge in [-0.25, -0.2) is 13.8 Å². The molecule has 7 nitrogen and oxygen atoms in total. The molecule has 1 aromatic heterocycles. The molecular formula is C24H25F2N3O4S. The van der Waals surface area contributed by atoms with E-state index in [1.165, 1.54) is 23.6 Å². The van der Waals surface area contributed by atoms with Gasteiger partial charge < -0.3 is 10.4 Å². The number of thiazole rings is 1. The summed E-state index contributed by atoms with van der Waals surface area (Å²) in [7, 11) is 0. The monoisotopic (exact) mass is 489 g/mol. The van der Waals surface area contributed by atoms with E-state index < -0.39 is 23.5 Å². The lowest BCUT2D eigenvalue weighted by atomic mass is 9.95. The van der Waals surface area contributed by atoms with Crippen LogP contribution in [0.5, 0.6) is 0 Å². The van der Waals surface area contributed by atoms with E-state index in [9.17, 15) is 23.2 Å². The van der Waals surface area contributed by atoms with Gasteiger partial charge in [-0.15, -0.1) is 11.3 Å². The molecule has 1 aliphatic rings. The summed E-state index contributed by atoms with van der Waals surface area (Å²) in [5.41, 5.74) is 2.29. The quantitative estimate of drug-likeness (QED) is 0.207. The van der Waals surface area contributed by atoms with E-state index in [4.69, 9.17) is 5.11 Å². The van der Waals surface area contributed by atoms with Crippen molar-refractivity contribution in [3.8, 4) is 0 Å². The molecule has 10 heteroatoms. The van der Waals surface area contributed by atoms with Gasteiger partial charge in [0.15, 0.2) is 11.4 Å². The van der Waals surface area contributed by atoms with E-state index in [1.54, 1.807) is 0 Å². The Kier molecular flexibility index (Phi) is 9.03. The molecule has 1 amide bonds. The number of allylic oxidation sites excluding steroid dienone is 3. The van der Waals surface area contributed by atoms with Crippen LogP contribution in [0.25, 0.3) is 0 Å². The Labute approximate surface area is 199 Å². The van der Waals surface area contributed by atoms with Crippen LogP contribution >= 0.6 is 11.3 Å². The second kappa shape index (κ2) is 12.2. The number of amides is 1. The number of aliphatic carboxylic acids is 1. The molecule has 0 fully saturated rings. The van der Waals surface area contributed by atoms with Crippen molar-refractivity contribution in [3.63, 3.8) is 0 Å². The molecule has 1 heterocycles. The Balaban J connectivity index is 1.80. The summed E-state index contributed by atoms with van der Waals surface area (Å²) in [6.07, 6.45) is 6.91. The SMILES string of the molecule is O=C/C(=C\C1=C(/NCc2cc(F)cc(F)c2)CCCCCC1)C(=O)Nc1nc(CC(=O)O)cs1. The highest BCUT2D eigenvalue weighted by Gasteiger charge is 2.16. The standard InChI is InChI=1S/C24H25F2N3O4S/c25-18-7-15(8-19(26)10-18)12-27-21-6-4-2-1-3-5-16(21)9-17(13-30)23(33)29-24-28-20(14-34-24)11-22(31)32/h7-10,13-14,27H,1-6,11-12H2,(H,31,32)(H,28,29,33)/b17-9+,21-16-. The summed E-state index contributed by atoms with van der Waals surface area (Å²) in [6.45, 7) is 0.204. The van der Waals surface area contributed by atoms with Gasteiger partial charge in [0.1, 0.15) is 11.6 Å². The number of carboxylic acid groups (broad SMARTS) is 1. The maximum atomic E-state index is 13.5. The van der Waals surface area contributed by atoms with Crippen LogP contribution in [0.2, 0.25) is 0 Å². The van der Waals surface area contributed by atoms with Crippen LogP contribution in [0, 0.1) is 11.6 Å². The fourth-order valence-electron chi connectivity index (χ4n) is 3.68. The van der Waals surface area contributed by atoms with Crippen LogP contribution in [0.4, 0.5) is 13.9 Å². The number of nitrogens with one attached hydrogen (secondary N) is 2. The molecule has 1 aliphatic carbocycles. The van der Waals surface area contributed by atoms with E-state index in [0.29, 0.717) is 30.4 Å². The Morgan fingerprint density at radius 3 is 2.47 bits per heavy atom. The smallest absolute Gasteiger partial charge is 0.309 e. The zero-order valence-corrected chi connectivity index (χ0v) is 19.2. The Morgan fingerprint density at radius 2 is 1.79 bits per heavy atom. The van der Waals surface area contributed by atoms with E-state index in [0.717, 1.165) is 54.4 Å². The van der Waals surface area contributed by atoms with Crippen LogP contribution in [0.15, 0.2) is 46.5 Å². The summed E-state index contributed by atoms with van der Waals surface area (Å²) in [6, 6.07) is 3.33. The number of carbonyl (C=O) groups excluding carboxylic acids is 2. The lowest BCUT2D eigenvalue weighted by molar-refractivity contribution is -0.136. The third kappa shape index (κ3) is 7.58. The largest absolute Gasteiger partial charge is 0.481 e. The molecule has 0 unspecified atom stereocenters. The summed E-state index contributed by atoms with van der Waals surface area (Å²) >= 11 is 1.07. The summed E-state index contributed by atoms with van der Waals surface area (Å²) in [4.78, 5) is 39.3. The normalized spacial score (nSPS) is 16.9. The van der Waals surface area contributed by atoms with Crippen LogP contribution in [0.3, 0.4) is 0 Å². The van der Waals surface area contributed by atoms with Crippen molar-refractivity contribution < 1.29 is 28.3 Å². The van der Waals surface area contributed by atoms with Gasteiger partial charge in [0.25, 0.3) is 5.91 Å². The molecule has 0 atom stereocenters. The molecule has 1 aromatic carbocycles. The first-order valence-corrected chi connectivity index (χ1v) is 11.8. The highest BCUT2D eigenvalue weighted by atomic mass is 32.1. The molecule has 0 saturated carbocycles. The van der Waals surface area contributed by atoms with E-state index in [-0.39, 0.29) is 23.7 Å². The first-order chi connectivity index (χ1) is 16.3. The number of carbonyl (C=O) groups is 3. The second-order valence-electron chi connectivity index (χ2n) is 7.94. The third-order valence-corrected chi connectivity index (χ3v) is 6.07. The maximum Gasteiger partial charge on any atom is 0.309 e. The first kappa shape index (κ1) is 25.2. The minimum Gasteiger partial charge on any atom is -0.481 e. The van der Waals surface area contributed by atoms with Crippen molar-refractivity contribution in [3.05, 3.63) is 69.4 Å². The van der Waals surface area contributed by atoms with Crippen LogP contribution in [0.1, 0.15) is 49.8 Å². The summed E-state index contributed by atoms with van der Waals surface area (Å²) in [5, 5.41) is 16.4. The Morgan fingerprint density at radius 1 is 1.09 bits per heavy atom. The number of hydrogen-bond acceptors (Lipinski definition) is 6. The first-order valence-electron chi connectivity index (χ1n) is 10.9. The van der Waals surface area contributed by atoms with Crippen molar-refractivity contribution in [2.75, 3.05) is 5.32 Å². The molecule has 0 aliphatic heterocycles. The Bertz CT molecular complexity index is 1110. The van der Waals surface area contributed by atoms with Gasteiger partial charge in [-0.05, 0) is 55.0 Å². The number of carboxylic acids is 1. The van der Waals surface area contributed by atoms with Crippen molar-refractivity contribution in [2.24, 2.45) is 0 Å². The van der Waals surface area contributed by atoms with Crippen molar-refractivity contribution in [1.29, 1.82) is 0 Å². The number of hydrogen-bond donors (Lipinski definition) is 3. The number of nitrogens with zero attached hydrogens (tertiary/aromatic N) is 1. The average Bonchev–Trinajstić information content (AvgIpc) is 3.17. The molecular weight excluding hydrogens is 464 g/mol. The van der Waals surface area contributed by atoms with Gasteiger partial charge in [-0.1, -0.05) is 12.8 Å². The van der Waals surface area contributed by atoms with Crippen LogP contribution in [-0.4, -0.2) is 28.3 Å². The van der Waals surface area contributed by atoms with Gasteiger partial charge in [-0.2, -0.15) is 0 Å². The molecule has 0 bridgehead atoms. The van der Waals surface area contributed by atoms with Gasteiger partial charge >= 0.3 is 5.97 Å². The number of halogens is 2. The zero-order valence-electron chi connectivity index (χ0n) is 18.4. The fourth-order valence-corrected chi connectivity index (χ4v) is 4.38.